The van der Waals surface area contributed by atoms with E-state index in [2.05, 4.69) is 48.8 Å². The van der Waals surface area contributed by atoms with Gasteiger partial charge in [0, 0.05) is 14.2 Å². The Hall–Kier alpha value is -1.48. The zero-order chi connectivity index (χ0) is 14.7. The maximum absolute atomic E-state index is 12.1. The quantitative estimate of drug-likeness (QED) is 0.708. The van der Waals surface area contributed by atoms with Crippen LogP contribution >= 0.6 is 38.5 Å². The largest absolute Gasteiger partial charge is 0.478 e. The minimum Gasteiger partial charge on any atom is -0.478 e. The van der Waals surface area contributed by atoms with E-state index in [0.717, 1.165) is 8.04 Å². The molecule has 0 aliphatic heterocycles. The average molecular weight is 447 g/mol. The number of nitrogens with one attached hydrogen (secondary N) is 1. The van der Waals surface area contributed by atoms with Gasteiger partial charge in [-0.3, -0.25) is 4.79 Å². The molecule has 0 unspecified atom stereocenters. The third kappa shape index (κ3) is 3.54. The molecule has 102 valence electrons. The van der Waals surface area contributed by atoms with Gasteiger partial charge < -0.3 is 10.4 Å². The van der Waals surface area contributed by atoms with Gasteiger partial charge in [0.05, 0.1) is 11.1 Å². The number of halogens is 2. The lowest BCUT2D eigenvalue weighted by atomic mass is 10.2. The fourth-order valence-electron chi connectivity index (χ4n) is 1.45. The van der Waals surface area contributed by atoms with Crippen LogP contribution in [0, 0.1) is 3.57 Å². The van der Waals surface area contributed by atoms with Crippen molar-refractivity contribution in [2.24, 2.45) is 0 Å². The van der Waals surface area contributed by atoms with Gasteiger partial charge in [0.2, 0.25) is 0 Å². The molecule has 0 spiro atoms. The number of anilines is 1. The molecule has 0 radical (unpaired) electrons. The van der Waals surface area contributed by atoms with Gasteiger partial charge in [0.1, 0.15) is 5.82 Å². The second kappa shape index (κ2) is 6.31. The van der Waals surface area contributed by atoms with Crippen LogP contribution in [0.2, 0.25) is 0 Å². The maximum atomic E-state index is 12.1. The van der Waals surface area contributed by atoms with Gasteiger partial charge >= 0.3 is 5.97 Å². The van der Waals surface area contributed by atoms with E-state index >= 15 is 0 Å². The molecular formula is C13H8BrIN2O3. The molecule has 0 fully saturated rings. The summed E-state index contributed by atoms with van der Waals surface area (Å²) >= 11 is 5.38. The van der Waals surface area contributed by atoms with E-state index in [1.165, 1.54) is 18.3 Å². The zero-order valence-electron chi connectivity index (χ0n) is 9.93. The number of rotatable bonds is 3. The lowest BCUT2D eigenvalue weighted by molar-refractivity contribution is 0.0696. The van der Waals surface area contributed by atoms with Crippen molar-refractivity contribution in [3.63, 3.8) is 0 Å². The summed E-state index contributed by atoms with van der Waals surface area (Å²) in [6, 6.07) is 8.21. The van der Waals surface area contributed by atoms with Crippen molar-refractivity contribution < 1.29 is 14.7 Å². The third-order valence-corrected chi connectivity index (χ3v) is 3.86. The second-order valence-electron chi connectivity index (χ2n) is 3.82. The molecule has 0 aliphatic carbocycles. The van der Waals surface area contributed by atoms with Gasteiger partial charge in [0.15, 0.2) is 0 Å². The van der Waals surface area contributed by atoms with Crippen LogP contribution in [-0.4, -0.2) is 22.0 Å². The van der Waals surface area contributed by atoms with Gasteiger partial charge in [0.25, 0.3) is 5.91 Å². The second-order valence-corrected chi connectivity index (χ2v) is 5.89. The first-order valence-corrected chi connectivity index (χ1v) is 7.30. The Bertz CT molecular complexity index is 674. The number of aromatic nitrogens is 1. The molecule has 0 atom stereocenters. The summed E-state index contributed by atoms with van der Waals surface area (Å²) in [4.78, 5) is 26.7. The molecule has 2 N–H and O–H groups in total. The number of pyridine rings is 1. The topological polar surface area (TPSA) is 79.3 Å². The first-order chi connectivity index (χ1) is 9.47. The number of carboxylic acid groups (broad SMARTS) is 1. The van der Waals surface area contributed by atoms with Gasteiger partial charge in [-0.05, 0) is 52.9 Å². The molecular weight excluding hydrogens is 439 g/mol. The first-order valence-electron chi connectivity index (χ1n) is 5.43. The van der Waals surface area contributed by atoms with E-state index in [4.69, 9.17) is 5.11 Å². The molecule has 0 saturated heterocycles. The van der Waals surface area contributed by atoms with Crippen molar-refractivity contribution >= 4 is 56.2 Å². The Morgan fingerprint density at radius 1 is 1.25 bits per heavy atom. The van der Waals surface area contributed by atoms with Gasteiger partial charge in [-0.1, -0.05) is 15.9 Å². The molecule has 5 nitrogen and oxygen atoms in total. The summed E-state index contributed by atoms with van der Waals surface area (Å²) in [6.45, 7) is 0. The molecule has 1 aromatic carbocycles. The normalized spacial score (nSPS) is 10.1. The van der Waals surface area contributed by atoms with Crippen LogP contribution in [0.1, 0.15) is 20.7 Å². The molecule has 0 bridgehead atoms. The van der Waals surface area contributed by atoms with Gasteiger partial charge in [-0.2, -0.15) is 0 Å². The summed E-state index contributed by atoms with van der Waals surface area (Å²) in [6.07, 6.45) is 1.20. The van der Waals surface area contributed by atoms with Crippen LogP contribution in [0.15, 0.2) is 41.0 Å². The van der Waals surface area contributed by atoms with Gasteiger partial charge in [-0.15, -0.1) is 0 Å². The summed E-state index contributed by atoms with van der Waals surface area (Å²) in [5, 5.41) is 11.4. The third-order valence-electron chi connectivity index (χ3n) is 2.43. The van der Waals surface area contributed by atoms with Crippen LogP contribution in [-0.2, 0) is 0 Å². The van der Waals surface area contributed by atoms with E-state index in [1.54, 1.807) is 6.07 Å². The van der Waals surface area contributed by atoms with Crippen molar-refractivity contribution in [3.05, 3.63) is 55.7 Å². The number of amides is 1. The van der Waals surface area contributed by atoms with Crippen molar-refractivity contribution in [1.82, 2.24) is 4.98 Å². The first kappa shape index (κ1) is 14.9. The number of hydrogen-bond acceptors (Lipinski definition) is 3. The average Bonchev–Trinajstić information content (AvgIpc) is 2.42. The Balaban J connectivity index is 2.19. The molecule has 1 amide bonds. The highest BCUT2D eigenvalue weighted by atomic mass is 127. The minimum absolute atomic E-state index is 0.0695. The smallest absolute Gasteiger partial charge is 0.337 e. The van der Waals surface area contributed by atoms with Crippen molar-refractivity contribution in [2.75, 3.05) is 5.32 Å². The van der Waals surface area contributed by atoms with E-state index in [0.29, 0.717) is 11.4 Å². The molecule has 1 aromatic heterocycles. The molecule has 2 aromatic rings. The molecule has 7 heteroatoms. The number of hydrogen-bond donors (Lipinski definition) is 2. The van der Waals surface area contributed by atoms with E-state index in [1.807, 2.05) is 12.1 Å². The Labute approximate surface area is 136 Å². The SMILES string of the molecule is O=C(O)c1ccc(NC(=O)c2cc(Br)ccc2I)nc1. The standard InChI is InChI=1S/C13H8BrIN2O3/c14-8-2-3-10(15)9(5-8)12(18)17-11-4-1-7(6-16-11)13(19)20/h1-6H,(H,19,20)(H,16,17,18). The van der Waals surface area contributed by atoms with Crippen LogP contribution in [0.25, 0.3) is 0 Å². The summed E-state index contributed by atoms with van der Waals surface area (Å²) in [5.74, 6) is -1.06. The highest BCUT2D eigenvalue weighted by Gasteiger charge is 2.12. The van der Waals surface area contributed by atoms with Crippen LogP contribution in [0.5, 0.6) is 0 Å². The number of carbonyl (C=O) groups is 2. The fraction of sp³-hybridized carbons (Fsp3) is 0. The van der Waals surface area contributed by atoms with Crippen molar-refractivity contribution in [2.45, 2.75) is 0 Å². The minimum atomic E-state index is -1.06. The highest BCUT2D eigenvalue weighted by molar-refractivity contribution is 14.1. The Morgan fingerprint density at radius 3 is 2.60 bits per heavy atom. The molecule has 1 heterocycles. The molecule has 20 heavy (non-hydrogen) atoms. The predicted octanol–water partition coefficient (Wildman–Crippen LogP) is 3.40. The lowest BCUT2D eigenvalue weighted by Crippen LogP contribution is -2.14. The van der Waals surface area contributed by atoms with E-state index in [-0.39, 0.29) is 11.5 Å². The monoisotopic (exact) mass is 446 g/mol. The van der Waals surface area contributed by atoms with Crippen LogP contribution < -0.4 is 5.32 Å². The van der Waals surface area contributed by atoms with E-state index in [9.17, 15) is 9.59 Å². The lowest BCUT2D eigenvalue weighted by Gasteiger charge is -2.07. The predicted molar refractivity (Wildman–Crippen MR) is 86.0 cm³/mol. The van der Waals surface area contributed by atoms with Crippen molar-refractivity contribution in [1.29, 1.82) is 0 Å². The molecule has 0 saturated carbocycles. The Morgan fingerprint density at radius 2 is 2.00 bits per heavy atom. The van der Waals surface area contributed by atoms with Crippen LogP contribution in [0.4, 0.5) is 5.82 Å². The zero-order valence-corrected chi connectivity index (χ0v) is 13.7. The number of nitrogens with zero attached hydrogens (tertiary/aromatic N) is 1. The molecule has 0 aliphatic rings. The number of carboxylic acids is 1. The highest BCUT2D eigenvalue weighted by Crippen LogP contribution is 2.19. The van der Waals surface area contributed by atoms with Crippen molar-refractivity contribution in [3.8, 4) is 0 Å². The summed E-state index contributed by atoms with van der Waals surface area (Å²) < 4.78 is 1.61. The number of benzene rings is 1. The van der Waals surface area contributed by atoms with Crippen LogP contribution in [0.3, 0.4) is 0 Å². The van der Waals surface area contributed by atoms with Gasteiger partial charge in [-0.25, -0.2) is 9.78 Å². The summed E-state index contributed by atoms with van der Waals surface area (Å²) in [7, 11) is 0. The fourth-order valence-corrected chi connectivity index (χ4v) is 2.39. The number of carbonyl (C=O) groups excluding carboxylic acids is 1. The summed E-state index contributed by atoms with van der Waals surface area (Å²) in [5.41, 5.74) is 0.587. The van der Waals surface area contributed by atoms with E-state index < -0.39 is 5.97 Å². The Kier molecular flexibility index (Phi) is 4.71. The maximum Gasteiger partial charge on any atom is 0.337 e. The molecule has 2 rings (SSSR count). The number of aromatic carboxylic acids is 1.